The molecule has 0 fully saturated rings. The number of benzene rings is 1. The Morgan fingerprint density at radius 3 is 2.69 bits per heavy atom. The van der Waals surface area contributed by atoms with Crippen LogP contribution in [0.5, 0.6) is 0 Å². The number of ketones is 1. The zero-order valence-corrected chi connectivity index (χ0v) is 19.1. The average molecular weight is 428 g/mol. The summed E-state index contributed by atoms with van der Waals surface area (Å²) in [4.78, 5) is 22.5. The molecule has 1 aromatic heterocycles. The number of hydrogen-bond donors (Lipinski definition) is 1. The van der Waals surface area contributed by atoms with Crippen LogP contribution in [0.2, 0.25) is 0 Å². The van der Waals surface area contributed by atoms with Gasteiger partial charge in [-0.05, 0) is 35.4 Å². The molecular weight excluding hydrogens is 398 g/mol. The third-order valence-corrected chi connectivity index (χ3v) is 7.16. The lowest BCUT2D eigenvalue weighted by molar-refractivity contribution is -0.119. The van der Waals surface area contributed by atoms with Crippen LogP contribution in [0.1, 0.15) is 69.8 Å². The maximum atomic E-state index is 13.6. The van der Waals surface area contributed by atoms with Crippen molar-refractivity contribution in [2.45, 2.75) is 64.5 Å². The number of carbonyl (C=O) groups is 1. The van der Waals surface area contributed by atoms with Crippen molar-refractivity contribution >= 4 is 5.78 Å². The van der Waals surface area contributed by atoms with Gasteiger partial charge in [-0.2, -0.15) is 10.2 Å². The molecular formula is C26H29N5O. The summed E-state index contributed by atoms with van der Waals surface area (Å²) >= 11 is 0. The molecule has 6 heteroatoms. The molecule has 6 nitrogen and oxygen atoms in total. The minimum Gasteiger partial charge on any atom is -0.362 e. The van der Waals surface area contributed by atoms with Gasteiger partial charge in [0.15, 0.2) is 11.9 Å². The number of nitrogens with zero attached hydrogens (tertiary/aromatic N) is 4. The third kappa shape index (κ3) is 3.12. The maximum absolute atomic E-state index is 13.6. The number of nitrogens with one attached hydrogen (secondary N) is 1. The van der Waals surface area contributed by atoms with Gasteiger partial charge in [-0.3, -0.25) is 4.79 Å². The van der Waals surface area contributed by atoms with Crippen molar-refractivity contribution < 1.29 is 4.79 Å². The summed E-state index contributed by atoms with van der Waals surface area (Å²) in [6.07, 6.45) is 7.35. The summed E-state index contributed by atoms with van der Waals surface area (Å²) in [6, 6.07) is 10.4. The second kappa shape index (κ2) is 7.47. The molecule has 0 bridgehead atoms. The Morgan fingerprint density at radius 1 is 1.16 bits per heavy atom. The quantitative estimate of drug-likeness (QED) is 0.727. The number of allylic oxidation sites excluding steroid dienone is 2. The van der Waals surface area contributed by atoms with E-state index in [2.05, 4.69) is 77.5 Å². The molecule has 1 unspecified atom stereocenters. The van der Waals surface area contributed by atoms with Gasteiger partial charge in [-0.1, -0.05) is 52.0 Å². The van der Waals surface area contributed by atoms with E-state index in [-0.39, 0.29) is 23.3 Å². The number of azo groups is 1. The number of aromatic nitrogens is 2. The van der Waals surface area contributed by atoms with Gasteiger partial charge >= 0.3 is 0 Å². The highest BCUT2D eigenvalue weighted by Crippen LogP contribution is 2.53. The summed E-state index contributed by atoms with van der Waals surface area (Å²) in [5, 5.41) is 12.3. The second-order valence-corrected chi connectivity index (χ2v) is 9.87. The summed E-state index contributed by atoms with van der Waals surface area (Å²) in [7, 11) is 0. The summed E-state index contributed by atoms with van der Waals surface area (Å²) in [5.74, 6) is 1.06. The molecule has 2 aromatic rings. The van der Waals surface area contributed by atoms with Crippen molar-refractivity contribution in [2.75, 3.05) is 0 Å². The molecule has 3 aliphatic rings. The molecule has 1 aliphatic carbocycles. The Morgan fingerprint density at radius 2 is 1.94 bits per heavy atom. The summed E-state index contributed by atoms with van der Waals surface area (Å²) in [5.41, 5.74) is 4.64. The van der Waals surface area contributed by atoms with E-state index >= 15 is 0 Å². The highest BCUT2D eigenvalue weighted by molar-refractivity contribution is 6.01. The molecule has 0 spiro atoms. The van der Waals surface area contributed by atoms with Crippen LogP contribution in [0.4, 0.5) is 0 Å². The predicted molar refractivity (Wildman–Crippen MR) is 123 cm³/mol. The fraction of sp³-hybridized carbons (Fsp3) is 0.423. The van der Waals surface area contributed by atoms with Gasteiger partial charge in [0, 0.05) is 41.6 Å². The number of hydrogen-bond acceptors (Lipinski definition) is 6. The van der Waals surface area contributed by atoms with E-state index in [1.54, 1.807) is 12.4 Å². The SMILES string of the molecule is CC[C@@]1(c2cccc([C@H](C)c3ncccn3)c2)C2=CN=NC2NC2=C1C(=O)CC(C)(C)C2. The third-order valence-electron chi connectivity index (χ3n) is 7.16. The van der Waals surface area contributed by atoms with Crippen LogP contribution in [0.25, 0.3) is 0 Å². The molecule has 164 valence electrons. The Bertz CT molecular complexity index is 1160. The average Bonchev–Trinajstić information content (AvgIpc) is 3.25. The fourth-order valence-electron chi connectivity index (χ4n) is 5.65. The smallest absolute Gasteiger partial charge is 0.164 e. The van der Waals surface area contributed by atoms with Gasteiger partial charge in [0.25, 0.3) is 0 Å². The first-order valence-electron chi connectivity index (χ1n) is 11.4. The van der Waals surface area contributed by atoms with E-state index in [9.17, 15) is 4.79 Å². The van der Waals surface area contributed by atoms with Gasteiger partial charge in [0.05, 0.1) is 11.6 Å². The van der Waals surface area contributed by atoms with Crippen LogP contribution >= 0.6 is 0 Å². The fourth-order valence-corrected chi connectivity index (χ4v) is 5.65. The Hall–Kier alpha value is -3.15. The number of fused-ring (bicyclic) bond motifs is 1. The molecule has 1 aromatic carbocycles. The van der Waals surface area contributed by atoms with Crippen LogP contribution in [0.15, 0.2) is 76.0 Å². The van der Waals surface area contributed by atoms with Gasteiger partial charge in [0.2, 0.25) is 0 Å². The summed E-state index contributed by atoms with van der Waals surface area (Å²) in [6.45, 7) is 8.60. The molecule has 32 heavy (non-hydrogen) atoms. The number of rotatable bonds is 4. The van der Waals surface area contributed by atoms with E-state index < -0.39 is 5.41 Å². The lowest BCUT2D eigenvalue weighted by Crippen LogP contribution is -2.51. The van der Waals surface area contributed by atoms with Crippen molar-refractivity contribution in [3.05, 3.63) is 82.7 Å². The minimum absolute atomic E-state index is 0.0453. The van der Waals surface area contributed by atoms with Gasteiger partial charge in [0.1, 0.15) is 5.82 Å². The van der Waals surface area contributed by atoms with Gasteiger partial charge in [-0.15, -0.1) is 0 Å². The molecule has 1 N–H and O–H groups in total. The van der Waals surface area contributed by atoms with Crippen LogP contribution < -0.4 is 5.32 Å². The van der Waals surface area contributed by atoms with Crippen molar-refractivity contribution in [3.8, 4) is 0 Å². The zero-order valence-electron chi connectivity index (χ0n) is 19.1. The molecule has 3 atom stereocenters. The highest BCUT2D eigenvalue weighted by Gasteiger charge is 2.53. The standard InChI is InChI=1S/C26H29N5O/c1-5-26(18-9-6-8-17(12-18)16(2)23-27-10-7-11-28-23)19-15-29-31-24(19)30-20-13-25(3,4)14-21(32)22(20)26/h6-12,15-16,24,30H,5,13-14H2,1-4H3/t16-,24?,26+/m0/s1. The monoisotopic (exact) mass is 427 g/mol. The lowest BCUT2D eigenvalue weighted by atomic mass is 9.58. The van der Waals surface area contributed by atoms with Gasteiger partial charge < -0.3 is 5.32 Å². The van der Waals surface area contributed by atoms with Crippen molar-refractivity contribution in [1.29, 1.82) is 0 Å². The Balaban J connectivity index is 1.68. The first kappa shape index (κ1) is 20.7. The van der Waals surface area contributed by atoms with E-state index in [1.807, 2.05) is 12.3 Å². The predicted octanol–water partition coefficient (Wildman–Crippen LogP) is 5.20. The van der Waals surface area contributed by atoms with E-state index in [1.165, 1.54) is 0 Å². The molecule has 5 rings (SSSR count). The van der Waals surface area contributed by atoms with Gasteiger partial charge in [-0.25, -0.2) is 9.97 Å². The number of Topliss-reactive ketones (excluding diaryl/α,β-unsaturated/α-hetero) is 1. The summed E-state index contributed by atoms with van der Waals surface area (Å²) < 4.78 is 0. The largest absolute Gasteiger partial charge is 0.362 e. The number of carbonyl (C=O) groups excluding carboxylic acids is 1. The Kier molecular flexibility index (Phi) is 4.84. The Labute approximate surface area is 189 Å². The molecule has 0 saturated carbocycles. The first-order chi connectivity index (χ1) is 15.4. The topological polar surface area (TPSA) is 79.6 Å². The molecule has 2 aliphatic heterocycles. The van der Waals surface area contributed by atoms with Crippen molar-refractivity contribution in [1.82, 2.24) is 15.3 Å². The van der Waals surface area contributed by atoms with Crippen LogP contribution in [-0.4, -0.2) is 21.9 Å². The molecule has 0 amide bonds. The van der Waals surface area contributed by atoms with E-state index in [0.29, 0.717) is 6.42 Å². The van der Waals surface area contributed by atoms with Crippen LogP contribution in [0, 0.1) is 5.41 Å². The molecule has 3 heterocycles. The molecule has 0 saturated heterocycles. The van der Waals surface area contributed by atoms with Crippen molar-refractivity contribution in [3.63, 3.8) is 0 Å². The van der Waals surface area contributed by atoms with E-state index in [0.717, 1.165) is 46.6 Å². The van der Waals surface area contributed by atoms with Crippen molar-refractivity contribution in [2.24, 2.45) is 15.6 Å². The normalized spacial score (nSPS) is 26.8. The molecule has 0 radical (unpaired) electrons. The first-order valence-corrected chi connectivity index (χ1v) is 11.4. The van der Waals surface area contributed by atoms with Crippen LogP contribution in [0.3, 0.4) is 0 Å². The van der Waals surface area contributed by atoms with E-state index in [4.69, 9.17) is 0 Å². The highest BCUT2D eigenvalue weighted by atomic mass is 16.1. The zero-order chi connectivity index (χ0) is 22.5. The lowest BCUT2D eigenvalue weighted by Gasteiger charge is -2.48. The maximum Gasteiger partial charge on any atom is 0.164 e. The van der Waals surface area contributed by atoms with Crippen LogP contribution in [-0.2, 0) is 10.2 Å². The minimum atomic E-state index is -0.532. The second-order valence-electron chi connectivity index (χ2n) is 9.87.